The van der Waals surface area contributed by atoms with Crippen molar-refractivity contribution in [3.63, 3.8) is 0 Å². The Kier molecular flexibility index (Phi) is 4.98. The van der Waals surface area contributed by atoms with E-state index >= 15 is 0 Å². The molecule has 0 atom stereocenters. The monoisotopic (exact) mass is 365 g/mol. The van der Waals surface area contributed by atoms with Crippen LogP contribution in [0.4, 0.5) is 32.0 Å². The van der Waals surface area contributed by atoms with Crippen molar-refractivity contribution in [2.24, 2.45) is 0 Å². The molecule has 0 aromatic heterocycles. The van der Waals surface area contributed by atoms with Crippen molar-refractivity contribution < 1.29 is 39.9 Å². The average Bonchev–Trinajstić information content (AvgIpc) is 2.43. The molecule has 0 radical (unpaired) electrons. The van der Waals surface area contributed by atoms with Gasteiger partial charge in [0.2, 0.25) is 10.0 Å². The molecule has 0 aliphatic rings. The van der Waals surface area contributed by atoms with Gasteiger partial charge >= 0.3 is 12.4 Å². The molecule has 11 heteroatoms. The van der Waals surface area contributed by atoms with E-state index in [1.165, 1.54) is 6.92 Å². The lowest BCUT2D eigenvalue weighted by Gasteiger charge is -2.32. The third kappa shape index (κ3) is 3.39. The Morgan fingerprint density at radius 2 is 1.39 bits per heavy atom. The maximum Gasteiger partial charge on any atom is 0.430 e. The lowest BCUT2D eigenvalue weighted by molar-refractivity contribution is -0.376. The zero-order valence-electron chi connectivity index (χ0n) is 11.9. The lowest BCUT2D eigenvalue weighted by Crippen LogP contribution is -2.53. The fourth-order valence-corrected chi connectivity index (χ4v) is 2.59. The molecule has 0 saturated carbocycles. The van der Waals surface area contributed by atoms with Gasteiger partial charge in [-0.1, -0.05) is 12.1 Å². The van der Waals surface area contributed by atoms with Crippen molar-refractivity contribution in [1.29, 1.82) is 0 Å². The Morgan fingerprint density at radius 3 is 1.70 bits per heavy atom. The van der Waals surface area contributed by atoms with Gasteiger partial charge in [-0.05, 0) is 19.1 Å². The zero-order chi connectivity index (χ0) is 18.3. The second-order valence-corrected chi connectivity index (χ2v) is 6.91. The van der Waals surface area contributed by atoms with Crippen molar-refractivity contribution in [3.05, 3.63) is 29.8 Å². The summed E-state index contributed by atoms with van der Waals surface area (Å²) in [6.07, 6.45) is -12.0. The number of sulfonamides is 1. The Balaban J connectivity index is 3.37. The molecule has 0 spiro atoms. The van der Waals surface area contributed by atoms with Gasteiger partial charge in [0.25, 0.3) is 5.60 Å². The van der Waals surface area contributed by atoms with Crippen LogP contribution in [0.1, 0.15) is 12.5 Å². The standard InChI is InChI=1S/C12H13F6NO3S/c1-3-23(21,22)19(2)9-6-4-8(5-7-9)10(20,11(13,14)15)12(16,17)18/h4-7,20H,3H2,1-2H3. The molecule has 0 aliphatic heterocycles. The fourth-order valence-electron chi connectivity index (χ4n) is 1.75. The van der Waals surface area contributed by atoms with Gasteiger partial charge in [-0.3, -0.25) is 4.31 Å². The number of anilines is 1. The maximum atomic E-state index is 12.7. The molecule has 1 aromatic rings. The molecule has 1 rings (SSSR count). The number of hydrogen-bond donors (Lipinski definition) is 1. The average molecular weight is 365 g/mol. The van der Waals surface area contributed by atoms with Crippen molar-refractivity contribution >= 4 is 15.7 Å². The first-order valence-electron chi connectivity index (χ1n) is 6.11. The first kappa shape index (κ1) is 19.6. The molecule has 1 aromatic carbocycles. The molecule has 4 nitrogen and oxygen atoms in total. The van der Waals surface area contributed by atoms with Crippen LogP contribution in [0.15, 0.2) is 24.3 Å². The first-order valence-corrected chi connectivity index (χ1v) is 7.72. The molecule has 0 aliphatic carbocycles. The van der Waals surface area contributed by atoms with Crippen LogP contribution in [0.3, 0.4) is 0 Å². The van der Waals surface area contributed by atoms with E-state index in [2.05, 4.69) is 0 Å². The number of nitrogens with zero attached hydrogens (tertiary/aromatic N) is 1. The van der Waals surface area contributed by atoms with Gasteiger partial charge in [-0.15, -0.1) is 0 Å². The topological polar surface area (TPSA) is 57.6 Å². The van der Waals surface area contributed by atoms with Crippen molar-refractivity contribution in [2.45, 2.75) is 24.9 Å². The second-order valence-electron chi connectivity index (χ2n) is 4.62. The molecule has 0 heterocycles. The summed E-state index contributed by atoms with van der Waals surface area (Å²) in [4.78, 5) is 0. The summed E-state index contributed by atoms with van der Waals surface area (Å²) in [6.45, 7) is 1.33. The molecule has 0 bridgehead atoms. The zero-order valence-corrected chi connectivity index (χ0v) is 12.7. The van der Waals surface area contributed by atoms with Gasteiger partial charge in [0.1, 0.15) is 0 Å². The van der Waals surface area contributed by atoms with Crippen LogP contribution >= 0.6 is 0 Å². The number of benzene rings is 1. The summed E-state index contributed by atoms with van der Waals surface area (Å²) in [7, 11) is -2.63. The van der Waals surface area contributed by atoms with E-state index in [0.717, 1.165) is 23.5 Å². The number of aliphatic hydroxyl groups is 1. The van der Waals surface area contributed by atoms with Crippen molar-refractivity contribution in [1.82, 2.24) is 0 Å². The van der Waals surface area contributed by atoms with Gasteiger partial charge in [-0.2, -0.15) is 26.3 Å². The summed E-state index contributed by atoms with van der Waals surface area (Å²) in [5.41, 5.74) is -6.63. The summed E-state index contributed by atoms with van der Waals surface area (Å²) in [5, 5.41) is 9.21. The quantitative estimate of drug-likeness (QED) is 0.835. The molecule has 132 valence electrons. The third-order valence-corrected chi connectivity index (χ3v) is 5.03. The van der Waals surface area contributed by atoms with E-state index in [1.807, 2.05) is 0 Å². The maximum absolute atomic E-state index is 12.7. The fraction of sp³-hybridized carbons (Fsp3) is 0.500. The molecule has 0 saturated heterocycles. The predicted octanol–water partition coefficient (Wildman–Crippen LogP) is 2.78. The van der Waals surface area contributed by atoms with E-state index in [1.54, 1.807) is 0 Å². The van der Waals surface area contributed by atoms with Gasteiger partial charge in [0.15, 0.2) is 0 Å². The summed E-state index contributed by atoms with van der Waals surface area (Å²) < 4.78 is 100. The third-order valence-electron chi connectivity index (χ3n) is 3.25. The SMILES string of the molecule is CCS(=O)(=O)N(C)c1ccc(C(O)(C(F)(F)F)C(F)(F)F)cc1. The number of halogens is 6. The van der Waals surface area contributed by atoms with Gasteiger partial charge in [0, 0.05) is 12.6 Å². The summed E-state index contributed by atoms with van der Waals surface area (Å²) in [6, 6.07) is 2.28. The van der Waals surface area contributed by atoms with Crippen LogP contribution in [-0.4, -0.2) is 38.7 Å². The van der Waals surface area contributed by atoms with Crippen LogP contribution in [-0.2, 0) is 15.6 Å². The number of rotatable bonds is 4. The molecule has 1 N–H and O–H groups in total. The molecular formula is C12H13F6NO3S. The highest BCUT2D eigenvalue weighted by molar-refractivity contribution is 7.92. The van der Waals surface area contributed by atoms with Crippen molar-refractivity contribution in [2.75, 3.05) is 17.1 Å². The highest BCUT2D eigenvalue weighted by atomic mass is 32.2. The van der Waals surface area contributed by atoms with E-state index in [9.17, 15) is 39.9 Å². The number of hydrogen-bond acceptors (Lipinski definition) is 3. The van der Waals surface area contributed by atoms with Crippen LogP contribution < -0.4 is 4.31 Å². The van der Waals surface area contributed by atoms with Gasteiger partial charge in [0.05, 0.1) is 11.4 Å². The van der Waals surface area contributed by atoms with Gasteiger partial charge < -0.3 is 5.11 Å². The highest BCUT2D eigenvalue weighted by Crippen LogP contribution is 2.50. The second kappa shape index (κ2) is 5.86. The van der Waals surface area contributed by atoms with Gasteiger partial charge in [-0.25, -0.2) is 8.42 Å². The smallest absolute Gasteiger partial charge is 0.369 e. The minimum Gasteiger partial charge on any atom is -0.369 e. The predicted molar refractivity (Wildman–Crippen MR) is 70.3 cm³/mol. The van der Waals surface area contributed by atoms with Crippen LogP contribution in [0, 0.1) is 0 Å². The lowest BCUT2D eigenvalue weighted by atomic mass is 9.92. The summed E-state index contributed by atoms with van der Waals surface area (Å²) >= 11 is 0. The minimum absolute atomic E-state index is 0.137. The Bertz CT molecular complexity index is 637. The largest absolute Gasteiger partial charge is 0.430 e. The first-order chi connectivity index (χ1) is 10.2. The van der Waals surface area contributed by atoms with Crippen LogP contribution in [0.25, 0.3) is 0 Å². The van der Waals surface area contributed by atoms with Crippen LogP contribution in [0.5, 0.6) is 0 Å². The van der Waals surface area contributed by atoms with E-state index in [0.29, 0.717) is 12.1 Å². The number of alkyl halides is 6. The minimum atomic E-state index is -5.99. The van der Waals surface area contributed by atoms with Crippen LogP contribution in [0.2, 0.25) is 0 Å². The Morgan fingerprint density at radius 1 is 1.00 bits per heavy atom. The normalized spacial score (nSPS) is 14.0. The molecule has 0 amide bonds. The molecular weight excluding hydrogens is 352 g/mol. The van der Waals surface area contributed by atoms with E-state index < -0.39 is 33.5 Å². The highest BCUT2D eigenvalue weighted by Gasteiger charge is 2.71. The van der Waals surface area contributed by atoms with E-state index in [4.69, 9.17) is 0 Å². The Labute approximate surface area is 128 Å². The molecule has 0 fully saturated rings. The Hall–Kier alpha value is -1.49. The van der Waals surface area contributed by atoms with E-state index in [-0.39, 0.29) is 11.4 Å². The summed E-state index contributed by atoms with van der Waals surface area (Å²) in [5.74, 6) is -0.305. The molecule has 0 unspecified atom stereocenters. The molecule has 23 heavy (non-hydrogen) atoms. The van der Waals surface area contributed by atoms with Crippen molar-refractivity contribution in [3.8, 4) is 0 Å².